The molecular formula is C106H128F4N26O12. The molecule has 10 aromatic rings. The standard InChI is InChI=1S/C29H33FN6O2.C27H31N7O3.C26H37N7O4.C24H27F3N6O3/c1-4-5-27(37)25-15-28(34-29(33-25)38-18-19(2)30)36-12-9-20(10-13-36)21-6-7-23-24(14-21)32-26(16-31-23)22-8-11-35(3)17-22;1-15-13-30-25(33-23(15)24(29)36)17-2-4-34(5-3-17)22-7-20(21(35)11-27-8-16(9-27)10-27)31-26(32-22)37-14-19-6-18(19)12-28;1-4-36-26-30-20(25(35)28-18-6-5-7-18)16-22(31-26)33-12-10-17(11-13-33)23-21(37-15-14-32(2)3)9-8-19(29-23)24(27)34;25-24(26,27)6-3-18(34)17-12-20(32-22(31-17)36-15-23(14-28)7-8-23)33-10-4-16(5-11-33)13-35-19-2-1-9-30-21(19)29/h6-8,11,14-17,19-20H,4-5,9-10,12-13,18H2,1-3H3;7,13,16-19H,2-6,8-11,14H2,1H3,(H2,29,36);8-9,16-18H,4-7,10-15H2,1-3H3,(H2,27,34)(H,28,35);1-2,9,12,16H,3-8,10-11,13,15H2,(H2,29,30)/t;16?,18-,19+,27?;;/m.0../s1. The van der Waals surface area contributed by atoms with Gasteiger partial charge in [0.15, 0.2) is 28.9 Å². The molecule has 6 saturated carbocycles. The van der Waals surface area contributed by atoms with Crippen molar-refractivity contribution in [2.75, 3.05) is 138 Å². The molecule has 13 heterocycles. The van der Waals surface area contributed by atoms with Crippen LogP contribution in [-0.4, -0.2) is 245 Å². The van der Waals surface area contributed by atoms with Crippen molar-refractivity contribution in [2.45, 2.75) is 205 Å². The molecule has 10 aliphatic rings. The Morgan fingerprint density at radius 3 is 1.74 bits per heavy atom. The van der Waals surface area contributed by atoms with Crippen molar-refractivity contribution < 1.29 is 74.8 Å². The number of hydrogen-bond donors (Lipinski definition) is 4. The lowest BCUT2D eigenvalue weighted by atomic mass is 9.43. The summed E-state index contributed by atoms with van der Waals surface area (Å²) in [5.41, 5.74) is 24.2. The highest BCUT2D eigenvalue weighted by Crippen LogP contribution is 2.66. The van der Waals surface area contributed by atoms with Gasteiger partial charge in [-0.15, -0.1) is 0 Å². The van der Waals surface area contributed by atoms with E-state index in [0.29, 0.717) is 166 Å². The van der Waals surface area contributed by atoms with E-state index < -0.39 is 48.2 Å². The number of ketones is 3. The smallest absolute Gasteiger partial charge is 0.389 e. The molecule has 7 N–H and O–H groups in total. The number of pyridine rings is 2. The fraction of sp³-hybridized carbons (Fsp3) is 0.528. The number of nitriles is 2. The van der Waals surface area contributed by atoms with Gasteiger partial charge in [-0.25, -0.2) is 29.3 Å². The van der Waals surface area contributed by atoms with Crippen molar-refractivity contribution in [3.05, 3.63) is 161 Å². The molecule has 782 valence electrons. The molecule has 0 radical (unpaired) electrons. The summed E-state index contributed by atoms with van der Waals surface area (Å²) in [4.78, 5) is 147. The van der Waals surface area contributed by atoms with Crippen LogP contribution < -0.4 is 70.5 Å². The maximum absolute atomic E-state index is 13.4. The Kier molecular flexibility index (Phi) is 34.4. The number of nitrogens with zero attached hydrogens (tertiary/aromatic N) is 22. The third kappa shape index (κ3) is 28.0. The Bertz CT molecular complexity index is 6460. The minimum Gasteiger partial charge on any atom is -0.490 e. The molecule has 1 aromatic carbocycles. The van der Waals surface area contributed by atoms with Crippen molar-refractivity contribution in [1.29, 1.82) is 10.5 Å². The van der Waals surface area contributed by atoms with Gasteiger partial charge in [0.1, 0.15) is 95.0 Å². The van der Waals surface area contributed by atoms with Crippen molar-refractivity contribution in [3.63, 3.8) is 0 Å². The van der Waals surface area contributed by atoms with Crippen molar-refractivity contribution in [3.8, 4) is 58.9 Å². The summed E-state index contributed by atoms with van der Waals surface area (Å²) < 4.78 is 87.7. The van der Waals surface area contributed by atoms with Crippen LogP contribution in [0.4, 0.5) is 46.7 Å². The maximum Gasteiger partial charge on any atom is 0.389 e. The minimum atomic E-state index is -4.44. The third-order valence-electron chi connectivity index (χ3n) is 28.7. The van der Waals surface area contributed by atoms with Crippen molar-refractivity contribution in [1.82, 2.24) is 84.6 Å². The van der Waals surface area contributed by atoms with Crippen LogP contribution in [0, 0.1) is 64.1 Å². The van der Waals surface area contributed by atoms with Gasteiger partial charge < -0.3 is 80.0 Å². The molecule has 4 aliphatic heterocycles. The second-order valence-electron chi connectivity index (χ2n) is 40.4. The topological polar surface area (TPSA) is 497 Å². The number of rotatable bonds is 39. The monoisotopic (exact) mass is 2030 g/mol. The molecule has 3 amide bonds. The summed E-state index contributed by atoms with van der Waals surface area (Å²) in [6.45, 7) is 15.0. The number of benzene rings is 1. The molecule has 2 bridgehead atoms. The molecule has 42 heteroatoms. The first-order valence-corrected chi connectivity index (χ1v) is 51.2. The summed E-state index contributed by atoms with van der Waals surface area (Å²) >= 11 is 0. The number of likely N-dealkylation sites (N-methyl/N-ethyl adjacent to an activating group) is 1. The number of alkyl halides is 4. The van der Waals surface area contributed by atoms with Gasteiger partial charge in [0.2, 0.25) is 0 Å². The summed E-state index contributed by atoms with van der Waals surface area (Å²) in [5.74, 6) is 4.43. The number of hydrogen-bond acceptors (Lipinski definition) is 34. The van der Waals surface area contributed by atoms with E-state index in [9.17, 15) is 51.6 Å². The number of carbonyl (C=O) groups is 6. The molecule has 20 rings (SSSR count). The predicted molar refractivity (Wildman–Crippen MR) is 541 cm³/mol. The lowest BCUT2D eigenvalue weighted by Gasteiger charge is -2.61. The first kappa shape index (κ1) is 106. The average Bonchev–Trinajstić information content (AvgIpc) is 0.763. The third-order valence-corrected chi connectivity index (χ3v) is 28.7. The molecule has 6 aliphatic carbocycles. The van der Waals surface area contributed by atoms with E-state index in [2.05, 4.69) is 109 Å². The summed E-state index contributed by atoms with van der Waals surface area (Å²) in [7, 11) is 5.97. The van der Waals surface area contributed by atoms with Gasteiger partial charge in [-0.3, -0.25) is 33.8 Å². The molecule has 1 unspecified atom stereocenters. The molecule has 10 fully saturated rings. The van der Waals surface area contributed by atoms with Crippen LogP contribution in [0.15, 0.2) is 104 Å². The molecular weight excluding hydrogens is 1910 g/mol. The van der Waals surface area contributed by atoms with E-state index in [1.165, 1.54) is 18.6 Å². The van der Waals surface area contributed by atoms with Crippen molar-refractivity contribution in [2.24, 2.45) is 53.0 Å². The van der Waals surface area contributed by atoms with Gasteiger partial charge in [0.05, 0.1) is 78.3 Å². The number of halogens is 4. The van der Waals surface area contributed by atoms with Crippen LogP contribution in [0.5, 0.6) is 35.5 Å². The molecule has 9 aromatic heterocycles. The fourth-order valence-corrected chi connectivity index (χ4v) is 19.3. The Balaban J connectivity index is 0.000000141. The van der Waals surface area contributed by atoms with E-state index in [0.717, 1.165) is 156 Å². The zero-order valence-electron chi connectivity index (χ0n) is 84.7. The summed E-state index contributed by atoms with van der Waals surface area (Å²) in [5, 5.41) is 21.4. The Labute approximate surface area is 856 Å². The van der Waals surface area contributed by atoms with E-state index >= 15 is 0 Å². The van der Waals surface area contributed by atoms with Crippen LogP contribution in [-0.2, 0) is 7.05 Å². The summed E-state index contributed by atoms with van der Waals surface area (Å²) in [6.07, 6.45) is 18.6. The predicted octanol–water partition coefficient (Wildman–Crippen LogP) is 14.4. The number of aromatic nitrogens is 15. The number of nitrogens with two attached hydrogens (primary N) is 3. The number of piperidine rings is 4. The molecule has 4 saturated heterocycles. The quantitative estimate of drug-likeness (QED) is 0.0205. The lowest BCUT2D eigenvalue weighted by molar-refractivity contribution is -0.133. The largest absolute Gasteiger partial charge is 0.490 e. The number of aryl methyl sites for hydroxylation is 2. The molecule has 0 spiro atoms. The van der Waals surface area contributed by atoms with Gasteiger partial charge in [0, 0.05) is 164 Å². The van der Waals surface area contributed by atoms with Gasteiger partial charge >= 0.3 is 30.2 Å². The normalized spacial score (nSPS) is 19.2. The molecule has 38 nitrogen and oxygen atoms in total. The van der Waals surface area contributed by atoms with Crippen molar-refractivity contribution >= 4 is 75.2 Å². The van der Waals surface area contributed by atoms with E-state index in [-0.39, 0.29) is 113 Å². The minimum absolute atomic E-state index is 0.0339. The number of amides is 3. The summed E-state index contributed by atoms with van der Waals surface area (Å²) in [6, 6.07) is 27.0. The van der Waals surface area contributed by atoms with E-state index in [1.54, 1.807) is 61.8 Å². The second-order valence-corrected chi connectivity index (χ2v) is 40.4. The van der Waals surface area contributed by atoms with Gasteiger partial charge in [-0.05, 0) is 227 Å². The highest BCUT2D eigenvalue weighted by atomic mass is 19.4. The highest BCUT2D eigenvalue weighted by molar-refractivity contribution is 5.97. The van der Waals surface area contributed by atoms with Gasteiger partial charge in [-0.1, -0.05) is 13.0 Å². The van der Waals surface area contributed by atoms with E-state index in [1.807, 2.05) is 80.1 Å². The second kappa shape index (κ2) is 47.9. The van der Waals surface area contributed by atoms with E-state index in [4.69, 9.17) is 55.9 Å². The number of nitrogen functional groups attached to an aromatic ring is 1. The van der Waals surface area contributed by atoms with Gasteiger partial charge in [-0.2, -0.15) is 63.6 Å². The average molecular weight is 2030 g/mol. The van der Waals surface area contributed by atoms with Crippen LogP contribution in [0.1, 0.15) is 265 Å². The number of nitrogens with one attached hydrogen (secondary N) is 1. The maximum atomic E-state index is 13.4. The molecule has 148 heavy (non-hydrogen) atoms. The van der Waals surface area contributed by atoms with Crippen LogP contribution in [0.25, 0.3) is 22.3 Å². The van der Waals surface area contributed by atoms with Crippen LogP contribution in [0.3, 0.4) is 0 Å². The Morgan fingerprint density at radius 2 is 1.20 bits per heavy atom. The Hall–Kier alpha value is -14.6. The molecule has 3 atom stereocenters. The SMILES string of the molecule is CCCC(=O)c1cc(N2CCC(c3ccc4ncc(-c5ccn(C)c5)nc4c3)CC2)nc(OCC(C)F)n1.CCOc1nc(C(=O)NC2CCC2)cc(N2CCC(c3nc(C(N)=O)ccc3OCCN(C)C)CC2)n1.Cc1cnc(C2CCN(c3cc(C(=O)CC45CC(C4)C5)nc(OC[C@H]4C[C@H]4C#N)n3)CC2)nc1C(N)=O.N#CC1(COc2nc(C(=O)CCC(F)(F)F)cc(N3CCC(COc4cccnc4N)CC3)n2)CC1. The number of fused-ring (bicyclic) bond motifs is 1. The lowest BCUT2D eigenvalue weighted by Crippen LogP contribution is -2.52. The number of primary amides is 2. The number of anilines is 5. The number of ether oxygens (including phenoxy) is 6. The Morgan fingerprint density at radius 1 is 0.601 bits per heavy atom. The first-order valence-electron chi connectivity index (χ1n) is 51.2. The zero-order chi connectivity index (χ0) is 105. The number of Topliss-reactive ketones (excluding diaryl/α,β-unsaturated/α-hetero) is 3. The first-order chi connectivity index (χ1) is 71.2. The van der Waals surface area contributed by atoms with Crippen LogP contribution >= 0.6 is 0 Å². The fourth-order valence-electron chi connectivity index (χ4n) is 19.3. The highest BCUT2D eigenvalue weighted by Gasteiger charge is 2.57. The van der Waals surface area contributed by atoms with Gasteiger partial charge in [0.25, 0.3) is 17.7 Å². The zero-order valence-corrected chi connectivity index (χ0v) is 84.7. The number of carbonyl (C=O) groups excluding carboxylic acids is 6. The van der Waals surface area contributed by atoms with Crippen LogP contribution in [0.2, 0.25) is 0 Å².